The van der Waals surface area contributed by atoms with Crippen molar-refractivity contribution >= 4 is 27.4 Å². The van der Waals surface area contributed by atoms with Gasteiger partial charge in [0, 0.05) is 17.0 Å². The van der Waals surface area contributed by atoms with Gasteiger partial charge in [-0.3, -0.25) is 0 Å². The van der Waals surface area contributed by atoms with Crippen molar-refractivity contribution in [1.82, 2.24) is 0 Å². The zero-order valence-corrected chi connectivity index (χ0v) is 17.8. The van der Waals surface area contributed by atoms with Crippen LogP contribution in [-0.4, -0.2) is 32.8 Å². The molecular weight excluding hydrogens is 388 g/mol. The minimum Gasteiger partial charge on any atom is -0.492 e. The van der Waals surface area contributed by atoms with E-state index in [1.54, 1.807) is 6.07 Å². The van der Waals surface area contributed by atoms with Gasteiger partial charge in [-0.1, -0.05) is 42.5 Å². The number of benzene rings is 3. The SMILES string of the molecule is CCOc1ccccc1N1CC[NH+](Cc2cc(=O)oc3ccc4ccccc4c23)CC1. The summed E-state index contributed by atoms with van der Waals surface area (Å²) in [5.41, 5.74) is 2.63. The fourth-order valence-corrected chi connectivity index (χ4v) is 4.67. The van der Waals surface area contributed by atoms with E-state index < -0.39 is 0 Å². The standard InChI is InChI=1S/C26H26N2O3/c1-2-30-23-10-6-5-9-22(23)28-15-13-27(14-16-28)18-20-17-25(29)31-24-12-11-19-7-3-4-8-21(19)26(20)24/h3-12,17H,2,13-16,18H2,1H3/p+1. The van der Waals surface area contributed by atoms with Crippen molar-refractivity contribution in [2.45, 2.75) is 13.5 Å². The van der Waals surface area contributed by atoms with Crippen LogP contribution in [0.2, 0.25) is 0 Å². The molecule has 1 aliphatic rings. The number of fused-ring (bicyclic) bond motifs is 3. The Morgan fingerprint density at radius 3 is 2.61 bits per heavy atom. The second-order valence-electron chi connectivity index (χ2n) is 8.07. The number of anilines is 1. The first kappa shape index (κ1) is 19.6. The number of quaternary nitrogens is 1. The Kier molecular flexibility index (Phi) is 5.35. The molecule has 0 amide bonds. The number of rotatable bonds is 5. The summed E-state index contributed by atoms with van der Waals surface area (Å²) in [7, 11) is 0. The average molecular weight is 416 g/mol. The third kappa shape index (κ3) is 3.89. The molecule has 0 spiro atoms. The summed E-state index contributed by atoms with van der Waals surface area (Å²) >= 11 is 0. The van der Waals surface area contributed by atoms with E-state index in [-0.39, 0.29) is 5.63 Å². The summed E-state index contributed by atoms with van der Waals surface area (Å²) < 4.78 is 11.3. The van der Waals surface area contributed by atoms with E-state index in [4.69, 9.17) is 9.15 Å². The third-order valence-corrected chi connectivity index (χ3v) is 6.13. The molecule has 0 radical (unpaired) electrons. The van der Waals surface area contributed by atoms with Crippen LogP contribution in [0.3, 0.4) is 0 Å². The quantitative estimate of drug-likeness (QED) is 0.402. The molecule has 5 heteroatoms. The summed E-state index contributed by atoms with van der Waals surface area (Å²) in [4.78, 5) is 16.1. The highest BCUT2D eigenvalue weighted by molar-refractivity contribution is 6.06. The first-order valence-corrected chi connectivity index (χ1v) is 11.0. The van der Waals surface area contributed by atoms with Crippen molar-refractivity contribution in [3.8, 4) is 5.75 Å². The molecule has 5 rings (SSSR count). The van der Waals surface area contributed by atoms with Crippen molar-refractivity contribution in [3.63, 3.8) is 0 Å². The molecule has 0 aliphatic carbocycles. The molecule has 1 aliphatic heterocycles. The number of ether oxygens (including phenoxy) is 1. The minimum absolute atomic E-state index is 0.276. The Bertz CT molecular complexity index is 1270. The maximum Gasteiger partial charge on any atom is 0.336 e. The Hall–Kier alpha value is -3.31. The fourth-order valence-electron chi connectivity index (χ4n) is 4.67. The number of nitrogens with zero attached hydrogens (tertiary/aromatic N) is 1. The van der Waals surface area contributed by atoms with E-state index in [0.717, 1.165) is 60.2 Å². The molecule has 5 nitrogen and oxygen atoms in total. The van der Waals surface area contributed by atoms with Gasteiger partial charge in [0.05, 0.1) is 38.5 Å². The van der Waals surface area contributed by atoms with Crippen molar-refractivity contribution in [2.24, 2.45) is 0 Å². The molecular formula is C26H27N2O3+. The van der Waals surface area contributed by atoms with Crippen LogP contribution in [0.1, 0.15) is 12.5 Å². The van der Waals surface area contributed by atoms with Crippen LogP contribution in [0.4, 0.5) is 5.69 Å². The van der Waals surface area contributed by atoms with Crippen LogP contribution >= 0.6 is 0 Å². The molecule has 31 heavy (non-hydrogen) atoms. The van der Waals surface area contributed by atoms with Crippen LogP contribution in [0.25, 0.3) is 21.7 Å². The van der Waals surface area contributed by atoms with Crippen molar-refractivity contribution in [3.05, 3.63) is 82.7 Å². The van der Waals surface area contributed by atoms with Crippen LogP contribution in [0, 0.1) is 0 Å². The second kappa shape index (κ2) is 8.44. The van der Waals surface area contributed by atoms with E-state index in [1.165, 1.54) is 10.6 Å². The number of hydrogen-bond donors (Lipinski definition) is 1. The largest absolute Gasteiger partial charge is 0.492 e. The highest BCUT2D eigenvalue weighted by atomic mass is 16.5. The topological polar surface area (TPSA) is 47.1 Å². The highest BCUT2D eigenvalue weighted by Crippen LogP contribution is 2.29. The molecule has 1 N–H and O–H groups in total. The summed E-state index contributed by atoms with van der Waals surface area (Å²) in [5.74, 6) is 0.951. The Morgan fingerprint density at radius 1 is 1.00 bits per heavy atom. The number of piperazine rings is 1. The number of para-hydroxylation sites is 2. The molecule has 0 unspecified atom stereocenters. The monoisotopic (exact) mass is 415 g/mol. The summed E-state index contributed by atoms with van der Waals surface area (Å²) in [6, 6.07) is 22.2. The van der Waals surface area contributed by atoms with Crippen LogP contribution in [0.15, 0.2) is 75.9 Å². The minimum atomic E-state index is -0.276. The van der Waals surface area contributed by atoms with Gasteiger partial charge in [-0.2, -0.15) is 0 Å². The highest BCUT2D eigenvalue weighted by Gasteiger charge is 2.23. The zero-order chi connectivity index (χ0) is 21.2. The molecule has 1 fully saturated rings. The molecule has 0 atom stereocenters. The van der Waals surface area contributed by atoms with E-state index >= 15 is 0 Å². The molecule has 1 aromatic heterocycles. The Balaban J connectivity index is 1.40. The lowest BCUT2D eigenvalue weighted by molar-refractivity contribution is -0.914. The van der Waals surface area contributed by atoms with Gasteiger partial charge in [-0.05, 0) is 35.9 Å². The fraction of sp³-hybridized carbons (Fsp3) is 0.269. The van der Waals surface area contributed by atoms with Gasteiger partial charge in [-0.15, -0.1) is 0 Å². The zero-order valence-electron chi connectivity index (χ0n) is 17.8. The molecule has 2 heterocycles. The van der Waals surface area contributed by atoms with E-state index in [2.05, 4.69) is 29.2 Å². The van der Waals surface area contributed by atoms with Crippen molar-refractivity contribution < 1.29 is 14.1 Å². The normalized spacial score (nSPS) is 14.9. The predicted molar refractivity (Wildman–Crippen MR) is 124 cm³/mol. The van der Waals surface area contributed by atoms with Gasteiger partial charge in [0.15, 0.2) is 0 Å². The van der Waals surface area contributed by atoms with Gasteiger partial charge in [0.1, 0.15) is 17.9 Å². The van der Waals surface area contributed by atoms with Gasteiger partial charge in [0.2, 0.25) is 0 Å². The van der Waals surface area contributed by atoms with Crippen LogP contribution in [-0.2, 0) is 6.54 Å². The predicted octanol–water partition coefficient (Wildman–Crippen LogP) is 3.25. The van der Waals surface area contributed by atoms with Crippen molar-refractivity contribution in [1.29, 1.82) is 0 Å². The maximum atomic E-state index is 12.2. The number of hydrogen-bond acceptors (Lipinski definition) is 4. The van der Waals surface area contributed by atoms with Crippen LogP contribution < -0.4 is 20.2 Å². The van der Waals surface area contributed by atoms with Crippen LogP contribution in [0.5, 0.6) is 5.75 Å². The Morgan fingerprint density at radius 2 is 1.77 bits per heavy atom. The van der Waals surface area contributed by atoms with E-state index in [9.17, 15) is 4.79 Å². The lowest BCUT2D eigenvalue weighted by Gasteiger charge is -2.34. The molecule has 4 aromatic rings. The molecule has 158 valence electrons. The smallest absolute Gasteiger partial charge is 0.336 e. The Labute approximate surface area is 181 Å². The summed E-state index contributed by atoms with van der Waals surface area (Å²) in [6.07, 6.45) is 0. The molecule has 3 aromatic carbocycles. The first-order chi connectivity index (χ1) is 15.2. The van der Waals surface area contributed by atoms with Crippen molar-refractivity contribution in [2.75, 3.05) is 37.7 Å². The van der Waals surface area contributed by atoms with Gasteiger partial charge >= 0.3 is 5.63 Å². The third-order valence-electron chi connectivity index (χ3n) is 6.13. The van der Waals surface area contributed by atoms with E-state index in [1.807, 2.05) is 43.3 Å². The van der Waals surface area contributed by atoms with Gasteiger partial charge in [0.25, 0.3) is 0 Å². The summed E-state index contributed by atoms with van der Waals surface area (Å²) in [6.45, 7) is 7.43. The molecule has 0 bridgehead atoms. The average Bonchev–Trinajstić information content (AvgIpc) is 2.80. The van der Waals surface area contributed by atoms with Gasteiger partial charge in [-0.25, -0.2) is 4.79 Å². The maximum absolute atomic E-state index is 12.2. The van der Waals surface area contributed by atoms with Gasteiger partial charge < -0.3 is 19.0 Å². The second-order valence-corrected chi connectivity index (χ2v) is 8.07. The van der Waals surface area contributed by atoms with E-state index in [0.29, 0.717) is 12.2 Å². The lowest BCUT2D eigenvalue weighted by atomic mass is 10.0. The molecule has 0 saturated carbocycles. The first-order valence-electron chi connectivity index (χ1n) is 11.0. The molecule has 1 saturated heterocycles. The summed E-state index contributed by atoms with van der Waals surface area (Å²) in [5, 5.41) is 3.37. The number of nitrogens with one attached hydrogen (secondary N) is 1. The lowest BCUT2D eigenvalue weighted by Crippen LogP contribution is -3.13.